The number of hydrogen-bond donors (Lipinski definition) is 7. The number of aliphatic hydroxyl groups excluding tert-OH is 4. The molecule has 5 atom stereocenters. The van der Waals surface area contributed by atoms with E-state index in [-0.39, 0.29) is 22.8 Å². The van der Waals surface area contributed by atoms with Crippen molar-refractivity contribution >= 4 is 12.2 Å². The first-order valence-corrected chi connectivity index (χ1v) is 8.65. The molecule has 0 radical (unpaired) electrons. The Kier molecular flexibility index (Phi) is 5.87. The Balaban J connectivity index is 2.01. The Bertz CT molecular complexity index is 846. The van der Waals surface area contributed by atoms with E-state index >= 15 is 0 Å². The maximum Gasteiger partial charge on any atom is 0.125 e. The summed E-state index contributed by atoms with van der Waals surface area (Å²) in [6, 6.07) is 8.71. The molecular weight excluding hydrogens is 368 g/mol. The zero-order valence-corrected chi connectivity index (χ0v) is 14.8. The van der Waals surface area contributed by atoms with Crippen molar-refractivity contribution in [2.24, 2.45) is 0 Å². The fourth-order valence-corrected chi connectivity index (χ4v) is 3.20. The summed E-state index contributed by atoms with van der Waals surface area (Å²) in [6.07, 6.45) is -3.87. The molecule has 28 heavy (non-hydrogen) atoms. The molecule has 0 spiro atoms. The second kappa shape index (κ2) is 8.17. The minimum Gasteiger partial charge on any atom is -0.508 e. The third kappa shape index (κ3) is 3.96. The zero-order valence-electron chi connectivity index (χ0n) is 14.8. The van der Waals surface area contributed by atoms with E-state index in [4.69, 9.17) is 4.74 Å². The van der Waals surface area contributed by atoms with E-state index in [0.29, 0.717) is 5.56 Å². The van der Waals surface area contributed by atoms with Gasteiger partial charge in [0.15, 0.2) is 0 Å². The lowest BCUT2D eigenvalue weighted by Crippen LogP contribution is -2.55. The third-order valence-electron chi connectivity index (χ3n) is 4.70. The lowest BCUT2D eigenvalue weighted by Gasteiger charge is -2.40. The maximum absolute atomic E-state index is 10.4. The van der Waals surface area contributed by atoms with Crippen LogP contribution in [0.2, 0.25) is 0 Å². The van der Waals surface area contributed by atoms with Crippen molar-refractivity contribution in [3.63, 3.8) is 0 Å². The Labute approximate surface area is 160 Å². The van der Waals surface area contributed by atoms with Gasteiger partial charge in [0, 0.05) is 11.6 Å². The number of phenols is 3. The van der Waals surface area contributed by atoms with Crippen LogP contribution in [0.3, 0.4) is 0 Å². The Morgan fingerprint density at radius 2 is 1.50 bits per heavy atom. The van der Waals surface area contributed by atoms with Gasteiger partial charge in [-0.25, -0.2) is 0 Å². The van der Waals surface area contributed by atoms with E-state index < -0.39 is 37.1 Å². The molecule has 1 heterocycles. The van der Waals surface area contributed by atoms with Crippen LogP contribution in [0.15, 0.2) is 36.4 Å². The minimum atomic E-state index is -1.60. The standard InChI is InChI=1S/C20H22O8/c21-9-15-17(25)18(26)19(27)20(28-15)16-11(7-13(23)8-14(16)24)4-1-10-2-5-12(22)6-3-10/h1-8,15,17-27H,9H2/b4-1+. The highest BCUT2D eigenvalue weighted by molar-refractivity contribution is 5.74. The average molecular weight is 390 g/mol. The van der Waals surface area contributed by atoms with Crippen LogP contribution in [0.4, 0.5) is 0 Å². The van der Waals surface area contributed by atoms with Gasteiger partial charge in [0.1, 0.15) is 47.8 Å². The molecule has 0 aliphatic carbocycles. The third-order valence-corrected chi connectivity index (χ3v) is 4.70. The first kappa shape index (κ1) is 20.1. The van der Waals surface area contributed by atoms with Crippen molar-refractivity contribution in [1.29, 1.82) is 0 Å². The number of aliphatic hydroxyl groups is 4. The van der Waals surface area contributed by atoms with Gasteiger partial charge in [0.25, 0.3) is 0 Å². The molecule has 8 heteroatoms. The highest BCUT2D eigenvalue weighted by Crippen LogP contribution is 2.41. The van der Waals surface area contributed by atoms with Crippen LogP contribution in [0, 0.1) is 0 Å². The highest BCUT2D eigenvalue weighted by Gasteiger charge is 2.45. The summed E-state index contributed by atoms with van der Waals surface area (Å²) >= 11 is 0. The number of benzene rings is 2. The maximum atomic E-state index is 10.4. The van der Waals surface area contributed by atoms with Gasteiger partial charge in [0.05, 0.1) is 6.61 Å². The summed E-state index contributed by atoms with van der Waals surface area (Å²) in [5.74, 6) is -0.500. The normalized spacial score (nSPS) is 27.9. The SMILES string of the molecule is OCC1OC(c2c(O)cc(O)cc2/C=C/c2ccc(O)cc2)C(O)C(O)C1O. The molecule has 1 aliphatic heterocycles. The van der Waals surface area contributed by atoms with Crippen molar-refractivity contribution < 1.29 is 40.5 Å². The van der Waals surface area contributed by atoms with E-state index in [0.717, 1.165) is 11.6 Å². The molecule has 2 aromatic carbocycles. The molecule has 150 valence electrons. The van der Waals surface area contributed by atoms with E-state index in [1.54, 1.807) is 24.3 Å². The van der Waals surface area contributed by atoms with Gasteiger partial charge in [-0.3, -0.25) is 0 Å². The van der Waals surface area contributed by atoms with Gasteiger partial charge in [-0.1, -0.05) is 24.3 Å². The average Bonchev–Trinajstić information content (AvgIpc) is 2.66. The molecule has 1 fully saturated rings. The summed E-state index contributed by atoms with van der Waals surface area (Å²) in [6.45, 7) is -0.598. The number of phenolic OH excluding ortho intramolecular Hbond substituents is 3. The molecule has 1 aliphatic rings. The smallest absolute Gasteiger partial charge is 0.125 e. The molecule has 0 bridgehead atoms. The van der Waals surface area contributed by atoms with Gasteiger partial charge >= 0.3 is 0 Å². The predicted molar refractivity (Wildman–Crippen MR) is 99.5 cm³/mol. The van der Waals surface area contributed by atoms with Gasteiger partial charge in [0.2, 0.25) is 0 Å². The highest BCUT2D eigenvalue weighted by atomic mass is 16.5. The van der Waals surface area contributed by atoms with E-state index in [9.17, 15) is 35.7 Å². The zero-order chi connectivity index (χ0) is 20.4. The topological polar surface area (TPSA) is 151 Å². The first-order valence-electron chi connectivity index (χ1n) is 8.65. The minimum absolute atomic E-state index is 0.0877. The quantitative estimate of drug-likeness (QED) is 0.373. The summed E-state index contributed by atoms with van der Waals surface area (Å²) < 4.78 is 5.53. The molecule has 0 aromatic heterocycles. The molecule has 3 rings (SSSR count). The van der Waals surface area contributed by atoms with E-state index in [1.165, 1.54) is 18.2 Å². The van der Waals surface area contributed by atoms with Crippen LogP contribution in [-0.4, -0.2) is 66.8 Å². The van der Waals surface area contributed by atoms with Crippen LogP contribution in [0.1, 0.15) is 22.8 Å². The fourth-order valence-electron chi connectivity index (χ4n) is 3.20. The summed E-state index contributed by atoms with van der Waals surface area (Å²) in [4.78, 5) is 0. The number of rotatable bonds is 4. The fraction of sp³-hybridized carbons (Fsp3) is 0.300. The van der Waals surface area contributed by atoms with Gasteiger partial charge in [-0.05, 0) is 29.3 Å². The van der Waals surface area contributed by atoms with Crippen molar-refractivity contribution in [3.05, 3.63) is 53.1 Å². The van der Waals surface area contributed by atoms with Crippen LogP contribution in [0.25, 0.3) is 12.2 Å². The van der Waals surface area contributed by atoms with Crippen molar-refractivity contribution in [1.82, 2.24) is 0 Å². The predicted octanol–water partition coefficient (Wildman–Crippen LogP) is 0.489. The molecule has 1 saturated heterocycles. The van der Waals surface area contributed by atoms with E-state index in [1.807, 2.05) is 0 Å². The van der Waals surface area contributed by atoms with Gasteiger partial charge in [-0.15, -0.1) is 0 Å². The molecule has 2 aromatic rings. The molecule has 8 nitrogen and oxygen atoms in total. The van der Waals surface area contributed by atoms with Crippen molar-refractivity contribution in [2.45, 2.75) is 30.5 Å². The van der Waals surface area contributed by atoms with Crippen molar-refractivity contribution in [3.8, 4) is 17.2 Å². The number of aromatic hydroxyl groups is 3. The molecule has 0 amide bonds. The second-order valence-corrected chi connectivity index (χ2v) is 6.64. The summed E-state index contributed by atoms with van der Waals surface area (Å²) in [5, 5.41) is 69.3. The summed E-state index contributed by atoms with van der Waals surface area (Å²) in [5.41, 5.74) is 1.11. The monoisotopic (exact) mass is 390 g/mol. The lowest BCUT2D eigenvalue weighted by molar-refractivity contribution is -0.232. The van der Waals surface area contributed by atoms with Gasteiger partial charge in [-0.2, -0.15) is 0 Å². The number of ether oxygens (including phenoxy) is 1. The molecule has 7 N–H and O–H groups in total. The summed E-state index contributed by atoms with van der Waals surface area (Å²) in [7, 11) is 0. The Hall–Kier alpha value is -2.62. The van der Waals surface area contributed by atoms with Crippen molar-refractivity contribution in [2.75, 3.05) is 6.61 Å². The van der Waals surface area contributed by atoms with Crippen LogP contribution < -0.4 is 0 Å². The molecule has 0 saturated carbocycles. The Morgan fingerprint density at radius 3 is 2.14 bits per heavy atom. The largest absolute Gasteiger partial charge is 0.508 e. The molecular formula is C20H22O8. The van der Waals surface area contributed by atoms with E-state index in [2.05, 4.69) is 0 Å². The second-order valence-electron chi connectivity index (χ2n) is 6.64. The lowest BCUT2D eigenvalue weighted by atomic mass is 9.88. The number of hydrogen-bond acceptors (Lipinski definition) is 8. The van der Waals surface area contributed by atoms with Crippen LogP contribution in [0.5, 0.6) is 17.2 Å². The van der Waals surface area contributed by atoms with Crippen LogP contribution >= 0.6 is 0 Å². The first-order chi connectivity index (χ1) is 13.3. The Morgan fingerprint density at radius 1 is 0.821 bits per heavy atom. The van der Waals surface area contributed by atoms with Crippen LogP contribution in [-0.2, 0) is 4.74 Å². The molecule has 5 unspecified atom stereocenters. The van der Waals surface area contributed by atoms with Gasteiger partial charge < -0.3 is 40.5 Å².